The summed E-state index contributed by atoms with van der Waals surface area (Å²) >= 11 is 0. The zero-order valence-corrected chi connectivity index (χ0v) is 16.1. The van der Waals surface area contributed by atoms with Gasteiger partial charge in [0.2, 0.25) is 0 Å². The molecular formula is C23H20FN3O3. The fourth-order valence-corrected chi connectivity index (χ4v) is 2.84. The average Bonchev–Trinajstić information content (AvgIpc) is 3.20. The van der Waals surface area contributed by atoms with E-state index in [1.54, 1.807) is 41.1 Å². The molecule has 30 heavy (non-hydrogen) atoms. The molecule has 3 aromatic carbocycles. The number of phenols is 1. The van der Waals surface area contributed by atoms with Crippen LogP contribution in [0.5, 0.6) is 17.2 Å². The second-order valence-electron chi connectivity index (χ2n) is 6.75. The fourth-order valence-electron chi connectivity index (χ4n) is 2.84. The number of rotatable bonds is 8. The first-order valence-electron chi connectivity index (χ1n) is 9.41. The summed E-state index contributed by atoms with van der Waals surface area (Å²) in [7, 11) is 0. The highest BCUT2D eigenvalue weighted by molar-refractivity contribution is 5.32. The Kier molecular flexibility index (Phi) is 5.89. The number of aromatic hydroxyl groups is 1. The Balaban J connectivity index is 1.28. The molecule has 0 radical (unpaired) electrons. The van der Waals surface area contributed by atoms with Crippen LogP contribution >= 0.6 is 0 Å². The van der Waals surface area contributed by atoms with Crippen molar-refractivity contribution in [3.05, 3.63) is 102 Å². The monoisotopic (exact) mass is 405 g/mol. The third kappa shape index (κ3) is 5.35. The summed E-state index contributed by atoms with van der Waals surface area (Å²) in [5, 5.41) is 17.7. The van der Waals surface area contributed by atoms with Gasteiger partial charge in [0, 0.05) is 6.07 Å². The molecule has 4 aromatic rings. The molecule has 0 aliphatic carbocycles. The number of hydrogen-bond acceptors (Lipinski definition) is 5. The zero-order valence-electron chi connectivity index (χ0n) is 16.1. The van der Waals surface area contributed by atoms with Crippen LogP contribution in [-0.2, 0) is 19.8 Å². The van der Waals surface area contributed by atoms with Crippen LogP contribution in [0.3, 0.4) is 0 Å². The van der Waals surface area contributed by atoms with Crippen molar-refractivity contribution in [2.24, 2.45) is 0 Å². The molecule has 0 atom stereocenters. The Labute approximate surface area is 173 Å². The molecule has 0 saturated carbocycles. The molecule has 152 valence electrons. The van der Waals surface area contributed by atoms with Crippen molar-refractivity contribution in [3.63, 3.8) is 0 Å². The van der Waals surface area contributed by atoms with E-state index < -0.39 is 0 Å². The Morgan fingerprint density at radius 3 is 2.33 bits per heavy atom. The predicted octanol–water partition coefficient (Wildman–Crippen LogP) is 4.33. The van der Waals surface area contributed by atoms with Crippen LogP contribution in [-0.4, -0.2) is 20.1 Å². The fraction of sp³-hybridized carbons (Fsp3) is 0.130. The normalized spacial score (nSPS) is 10.7. The molecule has 7 heteroatoms. The quantitative estimate of drug-likeness (QED) is 0.473. The lowest BCUT2D eigenvalue weighted by Crippen LogP contribution is -2.01. The Morgan fingerprint density at radius 1 is 0.833 bits per heavy atom. The maximum absolute atomic E-state index is 12.9. The molecular weight excluding hydrogens is 385 g/mol. The van der Waals surface area contributed by atoms with Crippen LogP contribution in [0.4, 0.5) is 4.39 Å². The Bertz CT molecular complexity index is 1100. The van der Waals surface area contributed by atoms with Crippen LogP contribution in [0.1, 0.15) is 16.8 Å². The van der Waals surface area contributed by atoms with Gasteiger partial charge in [-0.1, -0.05) is 35.5 Å². The number of hydrogen-bond donors (Lipinski definition) is 1. The van der Waals surface area contributed by atoms with Crippen molar-refractivity contribution in [3.8, 4) is 17.2 Å². The molecule has 0 saturated heterocycles. The summed E-state index contributed by atoms with van der Waals surface area (Å²) < 4.78 is 26.0. The van der Waals surface area contributed by atoms with Gasteiger partial charge in [-0.2, -0.15) is 0 Å². The molecule has 0 fully saturated rings. The standard InChI is InChI=1S/C23H20FN3O3/c24-19-8-4-18(5-9-19)15-29-22-10-6-17(7-11-22)13-27-14-20(25-26-27)16-30-23-3-1-2-21(28)12-23/h1-12,14,28H,13,15-16H2. The number of halogens is 1. The van der Waals surface area contributed by atoms with Gasteiger partial charge in [0.15, 0.2) is 0 Å². The van der Waals surface area contributed by atoms with Crippen LogP contribution in [0.25, 0.3) is 0 Å². The van der Waals surface area contributed by atoms with Crippen molar-refractivity contribution in [1.82, 2.24) is 15.0 Å². The summed E-state index contributed by atoms with van der Waals surface area (Å²) in [6, 6.07) is 20.6. The summed E-state index contributed by atoms with van der Waals surface area (Å²) in [5.41, 5.74) is 2.65. The number of benzene rings is 3. The van der Waals surface area contributed by atoms with Gasteiger partial charge in [-0.05, 0) is 47.5 Å². The van der Waals surface area contributed by atoms with Crippen molar-refractivity contribution in [2.75, 3.05) is 0 Å². The van der Waals surface area contributed by atoms with E-state index in [1.165, 1.54) is 12.1 Å². The predicted molar refractivity (Wildman–Crippen MR) is 109 cm³/mol. The Hall–Kier alpha value is -3.87. The minimum Gasteiger partial charge on any atom is -0.508 e. The van der Waals surface area contributed by atoms with Gasteiger partial charge < -0.3 is 14.6 Å². The molecule has 0 aliphatic heterocycles. The molecule has 0 aliphatic rings. The van der Waals surface area contributed by atoms with Crippen molar-refractivity contribution in [1.29, 1.82) is 0 Å². The SMILES string of the molecule is Oc1cccc(OCc2cn(Cc3ccc(OCc4ccc(F)cc4)cc3)nn2)c1. The molecule has 0 amide bonds. The van der Waals surface area contributed by atoms with E-state index in [-0.39, 0.29) is 18.2 Å². The number of nitrogens with zero attached hydrogens (tertiary/aromatic N) is 3. The minimum atomic E-state index is -0.259. The lowest BCUT2D eigenvalue weighted by atomic mass is 10.2. The van der Waals surface area contributed by atoms with Gasteiger partial charge in [-0.15, -0.1) is 5.10 Å². The van der Waals surface area contributed by atoms with Crippen LogP contribution in [0, 0.1) is 5.82 Å². The third-order valence-electron chi connectivity index (χ3n) is 4.38. The van der Waals surface area contributed by atoms with Gasteiger partial charge in [-0.25, -0.2) is 9.07 Å². The highest BCUT2D eigenvalue weighted by Crippen LogP contribution is 2.19. The molecule has 0 bridgehead atoms. The molecule has 1 heterocycles. The van der Waals surface area contributed by atoms with Crippen molar-refractivity contribution in [2.45, 2.75) is 19.8 Å². The van der Waals surface area contributed by atoms with E-state index in [4.69, 9.17) is 9.47 Å². The number of aromatic nitrogens is 3. The molecule has 4 rings (SSSR count). The van der Waals surface area contributed by atoms with E-state index in [0.717, 1.165) is 16.9 Å². The Morgan fingerprint density at radius 2 is 1.57 bits per heavy atom. The van der Waals surface area contributed by atoms with Gasteiger partial charge in [0.05, 0.1) is 12.7 Å². The van der Waals surface area contributed by atoms with E-state index in [0.29, 0.717) is 24.6 Å². The maximum atomic E-state index is 12.9. The summed E-state index contributed by atoms with van der Waals surface area (Å²) in [6.45, 7) is 1.21. The topological polar surface area (TPSA) is 69.4 Å². The first-order valence-corrected chi connectivity index (χ1v) is 9.41. The minimum absolute atomic E-state index is 0.154. The lowest BCUT2D eigenvalue weighted by Gasteiger charge is -2.07. The van der Waals surface area contributed by atoms with E-state index in [9.17, 15) is 9.50 Å². The summed E-state index contributed by atoms with van der Waals surface area (Å²) in [6.07, 6.45) is 1.82. The average molecular weight is 405 g/mol. The van der Waals surface area contributed by atoms with Crippen molar-refractivity contribution < 1.29 is 19.0 Å². The summed E-state index contributed by atoms with van der Waals surface area (Å²) in [4.78, 5) is 0. The largest absolute Gasteiger partial charge is 0.508 e. The molecule has 1 N–H and O–H groups in total. The maximum Gasteiger partial charge on any atom is 0.134 e. The second kappa shape index (κ2) is 9.09. The summed E-state index contributed by atoms with van der Waals surface area (Å²) in [5.74, 6) is 1.20. The third-order valence-corrected chi connectivity index (χ3v) is 4.38. The molecule has 0 spiro atoms. The van der Waals surface area contributed by atoms with Crippen LogP contribution in [0.15, 0.2) is 79.0 Å². The number of ether oxygens (including phenoxy) is 2. The van der Waals surface area contributed by atoms with E-state index in [2.05, 4.69) is 10.3 Å². The van der Waals surface area contributed by atoms with Gasteiger partial charge in [0.25, 0.3) is 0 Å². The van der Waals surface area contributed by atoms with Crippen molar-refractivity contribution >= 4 is 0 Å². The zero-order chi connectivity index (χ0) is 20.8. The first kappa shape index (κ1) is 19.4. The van der Waals surface area contributed by atoms with Gasteiger partial charge in [0.1, 0.15) is 42.0 Å². The highest BCUT2D eigenvalue weighted by atomic mass is 19.1. The second-order valence-corrected chi connectivity index (χ2v) is 6.75. The highest BCUT2D eigenvalue weighted by Gasteiger charge is 2.04. The molecule has 6 nitrogen and oxygen atoms in total. The van der Waals surface area contributed by atoms with E-state index >= 15 is 0 Å². The molecule has 0 unspecified atom stereocenters. The van der Waals surface area contributed by atoms with E-state index in [1.807, 2.05) is 30.5 Å². The first-order chi connectivity index (χ1) is 14.6. The number of phenolic OH excluding ortho intramolecular Hbond substituents is 1. The van der Waals surface area contributed by atoms with Crippen LogP contribution < -0.4 is 9.47 Å². The molecule has 1 aromatic heterocycles. The lowest BCUT2D eigenvalue weighted by molar-refractivity contribution is 0.299. The van der Waals surface area contributed by atoms with Crippen LogP contribution in [0.2, 0.25) is 0 Å². The van der Waals surface area contributed by atoms with Gasteiger partial charge >= 0.3 is 0 Å². The smallest absolute Gasteiger partial charge is 0.134 e. The van der Waals surface area contributed by atoms with Gasteiger partial charge in [-0.3, -0.25) is 0 Å².